The Hall–Kier alpha value is -2.54. The van der Waals surface area contributed by atoms with Gasteiger partial charge in [-0.2, -0.15) is 0 Å². The summed E-state index contributed by atoms with van der Waals surface area (Å²) in [6.07, 6.45) is 0. The molecule has 1 aliphatic heterocycles. The molecule has 1 aromatic carbocycles. The maximum absolute atomic E-state index is 12.8. The summed E-state index contributed by atoms with van der Waals surface area (Å²) >= 11 is 0. The zero-order chi connectivity index (χ0) is 21.7. The van der Waals surface area contributed by atoms with Gasteiger partial charge >= 0.3 is 0 Å². The maximum atomic E-state index is 12.8. The molecule has 0 radical (unpaired) electrons. The maximum Gasteiger partial charge on any atom is 0.290 e. The summed E-state index contributed by atoms with van der Waals surface area (Å²) in [6, 6.07) is 4.59. The molecule has 1 N–H and O–H groups in total. The molecule has 7 nitrogen and oxygen atoms in total. The minimum Gasteiger partial charge on any atom is -0.503 e. The number of amides is 1. The Morgan fingerprint density at radius 1 is 1.17 bits per heavy atom. The second-order valence-electron chi connectivity index (χ2n) is 7.79. The molecule has 1 heterocycles. The number of methoxy groups -OCH3 is 2. The molecule has 7 heteroatoms. The summed E-state index contributed by atoms with van der Waals surface area (Å²) < 4.78 is 16.4. The van der Waals surface area contributed by atoms with Gasteiger partial charge in [0.25, 0.3) is 5.91 Å². The van der Waals surface area contributed by atoms with Crippen molar-refractivity contribution in [3.05, 3.63) is 35.1 Å². The fourth-order valence-electron chi connectivity index (χ4n) is 3.22. The van der Waals surface area contributed by atoms with E-state index in [4.69, 9.17) is 14.2 Å². The number of rotatable bonds is 10. The number of nitrogens with zero attached hydrogens (tertiary/aromatic N) is 1. The van der Waals surface area contributed by atoms with Crippen LogP contribution in [0.25, 0.3) is 0 Å². The van der Waals surface area contributed by atoms with Crippen molar-refractivity contribution in [2.24, 2.45) is 11.8 Å². The Balaban J connectivity index is 2.54. The third-order valence-electron chi connectivity index (χ3n) is 4.71. The molecule has 0 saturated carbocycles. The number of aliphatic hydroxyl groups is 1. The van der Waals surface area contributed by atoms with Crippen molar-refractivity contribution >= 4 is 11.7 Å². The third-order valence-corrected chi connectivity index (χ3v) is 4.71. The van der Waals surface area contributed by atoms with E-state index in [1.165, 1.54) is 12.0 Å². The predicted molar refractivity (Wildman–Crippen MR) is 109 cm³/mol. The summed E-state index contributed by atoms with van der Waals surface area (Å²) in [5.74, 6) is -0.285. The third kappa shape index (κ3) is 4.90. The van der Waals surface area contributed by atoms with Gasteiger partial charge in [-0.15, -0.1) is 0 Å². The van der Waals surface area contributed by atoms with Crippen molar-refractivity contribution in [2.45, 2.75) is 33.7 Å². The van der Waals surface area contributed by atoms with Crippen LogP contribution in [-0.2, 0) is 14.3 Å². The summed E-state index contributed by atoms with van der Waals surface area (Å²) in [6.45, 7) is 8.59. The Morgan fingerprint density at radius 2 is 1.86 bits per heavy atom. The first-order valence-electron chi connectivity index (χ1n) is 9.80. The fraction of sp³-hybridized carbons (Fsp3) is 0.545. The average molecular weight is 405 g/mol. The van der Waals surface area contributed by atoms with E-state index in [2.05, 4.69) is 0 Å². The summed E-state index contributed by atoms with van der Waals surface area (Å²) in [5.41, 5.74) is 0.781. The van der Waals surface area contributed by atoms with Crippen LogP contribution < -0.4 is 9.47 Å². The summed E-state index contributed by atoms with van der Waals surface area (Å²) in [4.78, 5) is 27.0. The Bertz CT molecular complexity index is 784. The largest absolute Gasteiger partial charge is 0.503 e. The normalized spacial score (nSPS) is 16.9. The van der Waals surface area contributed by atoms with Gasteiger partial charge in [0, 0.05) is 19.6 Å². The molecule has 0 spiro atoms. The number of Topliss-reactive ketones (excluding diaryl/α,β-unsaturated/α-hetero) is 1. The van der Waals surface area contributed by atoms with Gasteiger partial charge < -0.3 is 24.2 Å². The van der Waals surface area contributed by atoms with Crippen molar-refractivity contribution in [1.29, 1.82) is 0 Å². The zero-order valence-electron chi connectivity index (χ0n) is 18.0. The lowest BCUT2D eigenvalue weighted by Gasteiger charge is -2.27. The smallest absolute Gasteiger partial charge is 0.290 e. The standard InChI is InChI=1S/C22H31NO6/c1-13(2)12-29-17-11-15(7-8-16(17)28-6)19-18(20(24)14(3)4)21(25)22(26)23(19)9-10-27-5/h7-8,11,13-14,19,25H,9-10,12H2,1-6H3. The van der Waals surface area contributed by atoms with Crippen LogP contribution in [0.4, 0.5) is 0 Å². The van der Waals surface area contributed by atoms with E-state index in [0.717, 1.165) is 0 Å². The minimum atomic E-state index is -0.708. The van der Waals surface area contributed by atoms with Gasteiger partial charge in [-0.3, -0.25) is 9.59 Å². The first-order valence-corrected chi connectivity index (χ1v) is 9.80. The Labute approximate surface area is 172 Å². The monoisotopic (exact) mass is 405 g/mol. The topological polar surface area (TPSA) is 85.3 Å². The number of carbonyl (C=O) groups is 2. The molecule has 0 fully saturated rings. The van der Waals surface area contributed by atoms with E-state index >= 15 is 0 Å². The van der Waals surface area contributed by atoms with Gasteiger partial charge in [-0.1, -0.05) is 33.8 Å². The molecule has 1 unspecified atom stereocenters. The van der Waals surface area contributed by atoms with Crippen molar-refractivity contribution in [3.63, 3.8) is 0 Å². The summed E-state index contributed by atoms with van der Waals surface area (Å²) in [7, 11) is 3.09. The second kappa shape index (κ2) is 9.78. The Morgan fingerprint density at radius 3 is 2.41 bits per heavy atom. The molecule has 29 heavy (non-hydrogen) atoms. The average Bonchev–Trinajstić information content (AvgIpc) is 2.94. The van der Waals surface area contributed by atoms with E-state index < -0.39 is 17.7 Å². The molecular formula is C22H31NO6. The number of hydrogen-bond acceptors (Lipinski definition) is 6. The molecule has 1 atom stereocenters. The van der Waals surface area contributed by atoms with E-state index in [1.54, 1.807) is 39.2 Å². The van der Waals surface area contributed by atoms with Crippen LogP contribution >= 0.6 is 0 Å². The van der Waals surface area contributed by atoms with E-state index in [1.807, 2.05) is 13.8 Å². The van der Waals surface area contributed by atoms with Crippen LogP contribution in [0, 0.1) is 11.8 Å². The van der Waals surface area contributed by atoms with Crippen LogP contribution in [0.5, 0.6) is 11.5 Å². The lowest BCUT2D eigenvalue weighted by molar-refractivity contribution is -0.130. The zero-order valence-corrected chi connectivity index (χ0v) is 18.0. The van der Waals surface area contributed by atoms with Crippen LogP contribution in [-0.4, -0.2) is 55.7 Å². The van der Waals surface area contributed by atoms with Crippen LogP contribution in [0.15, 0.2) is 29.5 Å². The van der Waals surface area contributed by atoms with Crippen molar-refractivity contribution in [3.8, 4) is 11.5 Å². The quantitative estimate of drug-likeness (QED) is 0.643. The first-order chi connectivity index (χ1) is 13.7. The molecule has 1 amide bonds. The molecule has 2 rings (SSSR count). The highest BCUT2D eigenvalue weighted by atomic mass is 16.5. The highest BCUT2D eigenvalue weighted by Crippen LogP contribution is 2.41. The van der Waals surface area contributed by atoms with Crippen LogP contribution in [0.2, 0.25) is 0 Å². The number of benzene rings is 1. The number of aliphatic hydroxyl groups excluding tert-OH is 1. The highest BCUT2D eigenvalue weighted by Gasteiger charge is 2.43. The SMILES string of the molecule is COCCN1C(=O)C(O)=C(C(=O)C(C)C)C1c1ccc(OC)c(OCC(C)C)c1. The van der Waals surface area contributed by atoms with E-state index in [-0.39, 0.29) is 30.4 Å². The predicted octanol–water partition coefficient (Wildman–Crippen LogP) is 3.30. The van der Waals surface area contributed by atoms with Crippen LogP contribution in [0.1, 0.15) is 39.3 Å². The molecule has 0 saturated heterocycles. The van der Waals surface area contributed by atoms with Gasteiger partial charge in [0.1, 0.15) is 0 Å². The number of carbonyl (C=O) groups excluding carboxylic acids is 2. The van der Waals surface area contributed by atoms with Gasteiger partial charge in [0.15, 0.2) is 23.0 Å². The van der Waals surface area contributed by atoms with E-state index in [9.17, 15) is 14.7 Å². The van der Waals surface area contributed by atoms with Crippen LogP contribution in [0.3, 0.4) is 0 Å². The fourth-order valence-corrected chi connectivity index (χ4v) is 3.22. The number of hydrogen-bond donors (Lipinski definition) is 1. The number of ether oxygens (including phenoxy) is 3. The van der Waals surface area contributed by atoms with Crippen molar-refractivity contribution < 1.29 is 28.9 Å². The molecule has 0 aromatic heterocycles. The van der Waals surface area contributed by atoms with E-state index in [0.29, 0.717) is 29.6 Å². The van der Waals surface area contributed by atoms with Crippen molar-refractivity contribution in [1.82, 2.24) is 4.90 Å². The lowest BCUT2D eigenvalue weighted by atomic mass is 9.91. The molecular weight excluding hydrogens is 374 g/mol. The highest BCUT2D eigenvalue weighted by molar-refractivity contribution is 6.09. The van der Waals surface area contributed by atoms with Gasteiger partial charge in [-0.25, -0.2) is 0 Å². The van der Waals surface area contributed by atoms with Gasteiger partial charge in [-0.05, 0) is 23.6 Å². The minimum absolute atomic E-state index is 0.112. The Kier molecular flexibility index (Phi) is 7.67. The van der Waals surface area contributed by atoms with Gasteiger partial charge in [0.2, 0.25) is 0 Å². The summed E-state index contributed by atoms with van der Waals surface area (Å²) in [5, 5.41) is 10.5. The molecule has 1 aliphatic rings. The van der Waals surface area contributed by atoms with Gasteiger partial charge in [0.05, 0.1) is 31.9 Å². The molecule has 1 aromatic rings. The first kappa shape index (κ1) is 22.7. The molecule has 0 bridgehead atoms. The lowest BCUT2D eigenvalue weighted by Crippen LogP contribution is -2.34. The second-order valence-corrected chi connectivity index (χ2v) is 7.79. The number of ketones is 1. The molecule has 0 aliphatic carbocycles. The van der Waals surface area contributed by atoms with Crippen molar-refractivity contribution in [2.75, 3.05) is 34.0 Å². The molecule has 160 valence electrons.